The normalized spacial score (nSPS) is 26.4. The van der Waals surface area contributed by atoms with Gasteiger partial charge in [0.25, 0.3) is 0 Å². The molecule has 2 heteroatoms. The Balaban J connectivity index is 2.02. The molecule has 4 rings (SSSR count). The molecule has 2 atom stereocenters. The number of hydrogen-bond acceptors (Lipinski definition) is 0. The zero-order valence-corrected chi connectivity index (χ0v) is 15.1. The van der Waals surface area contributed by atoms with E-state index >= 15 is 0 Å². The number of halogens is 1. The summed E-state index contributed by atoms with van der Waals surface area (Å²) in [6.45, 7) is 0. The molecule has 2 unspecified atom stereocenters. The summed E-state index contributed by atoms with van der Waals surface area (Å²) in [5.41, 5.74) is 5.84. The molecule has 2 radical (unpaired) electrons. The van der Waals surface area contributed by atoms with Crippen molar-refractivity contribution in [1.29, 1.82) is 0 Å². The molecule has 0 saturated heterocycles. The van der Waals surface area contributed by atoms with Crippen molar-refractivity contribution >= 4 is 28.5 Å². The van der Waals surface area contributed by atoms with Crippen LogP contribution in [0.4, 0.5) is 0 Å². The van der Waals surface area contributed by atoms with E-state index in [1.807, 2.05) is 6.07 Å². The first-order chi connectivity index (χ1) is 10.7. The zero-order chi connectivity index (χ0) is 15.2. The van der Waals surface area contributed by atoms with Gasteiger partial charge in [-0.25, -0.2) is 0 Å². The van der Waals surface area contributed by atoms with Gasteiger partial charge in [-0.2, -0.15) is 0 Å². The fourth-order valence-electron chi connectivity index (χ4n) is 4.05. The maximum atomic E-state index is 6.36. The molecule has 0 aliphatic heterocycles. The van der Waals surface area contributed by atoms with Gasteiger partial charge < -0.3 is 0 Å². The average Bonchev–Trinajstić information content (AvgIpc) is 2.67. The molecular formula is C20H18AsCl. The predicted molar refractivity (Wildman–Crippen MR) is 94.0 cm³/mol. The second kappa shape index (κ2) is 5.59. The molecule has 0 aromatic heterocycles. The van der Waals surface area contributed by atoms with E-state index < -0.39 is 0 Å². The Morgan fingerprint density at radius 1 is 1.00 bits per heavy atom. The van der Waals surface area contributed by atoms with Crippen LogP contribution >= 0.6 is 11.6 Å². The molecule has 0 nitrogen and oxygen atoms in total. The molecule has 2 aliphatic carbocycles. The van der Waals surface area contributed by atoms with E-state index in [4.69, 9.17) is 11.6 Å². The van der Waals surface area contributed by atoms with E-state index in [9.17, 15) is 0 Å². The maximum absolute atomic E-state index is 6.36. The van der Waals surface area contributed by atoms with Crippen LogP contribution in [0.25, 0.3) is 0 Å². The van der Waals surface area contributed by atoms with Crippen molar-refractivity contribution in [3.63, 3.8) is 0 Å². The van der Waals surface area contributed by atoms with Crippen LogP contribution < -0.4 is 0 Å². The SMILES string of the molecule is Clc1ccc2c(c1)C1(C=CC([As])CC1)c1ccccc1CC2. The van der Waals surface area contributed by atoms with E-state index in [0.29, 0.717) is 4.71 Å². The van der Waals surface area contributed by atoms with Gasteiger partial charge >= 0.3 is 146 Å². The van der Waals surface area contributed by atoms with Crippen molar-refractivity contribution in [3.05, 3.63) is 81.9 Å². The first-order valence-electron chi connectivity index (χ1n) is 7.94. The van der Waals surface area contributed by atoms with Crippen molar-refractivity contribution in [1.82, 2.24) is 0 Å². The van der Waals surface area contributed by atoms with E-state index in [2.05, 4.69) is 65.4 Å². The van der Waals surface area contributed by atoms with Crippen LogP contribution in [0, 0.1) is 0 Å². The summed E-state index contributed by atoms with van der Waals surface area (Å²) in [6.07, 6.45) is 9.40. The Kier molecular flexibility index (Phi) is 3.71. The quantitative estimate of drug-likeness (QED) is 0.452. The van der Waals surface area contributed by atoms with Crippen molar-refractivity contribution in [2.75, 3.05) is 0 Å². The molecule has 1 spiro atoms. The Morgan fingerprint density at radius 3 is 2.55 bits per heavy atom. The minimum atomic E-state index is 0.00373. The van der Waals surface area contributed by atoms with Crippen LogP contribution in [0.15, 0.2) is 54.6 Å². The molecule has 0 bridgehead atoms. The summed E-state index contributed by atoms with van der Waals surface area (Å²) in [4.78, 5) is 0. The molecule has 110 valence electrons. The van der Waals surface area contributed by atoms with Gasteiger partial charge in [-0.05, 0) is 0 Å². The molecular weight excluding hydrogens is 351 g/mol. The summed E-state index contributed by atoms with van der Waals surface area (Å²) in [6, 6.07) is 15.4. The van der Waals surface area contributed by atoms with Crippen LogP contribution in [-0.2, 0) is 18.3 Å². The average molecular weight is 369 g/mol. The second-order valence-corrected chi connectivity index (χ2v) is 8.22. The van der Waals surface area contributed by atoms with Crippen LogP contribution in [0.1, 0.15) is 35.1 Å². The monoisotopic (exact) mass is 368 g/mol. The number of rotatable bonds is 0. The van der Waals surface area contributed by atoms with Gasteiger partial charge in [0.1, 0.15) is 0 Å². The summed E-state index contributed by atoms with van der Waals surface area (Å²) >= 11 is 9.15. The molecule has 0 fully saturated rings. The van der Waals surface area contributed by atoms with E-state index in [0.717, 1.165) is 24.3 Å². The van der Waals surface area contributed by atoms with Crippen LogP contribution in [0.5, 0.6) is 0 Å². The number of aryl methyl sites for hydroxylation is 2. The number of hydrogen-bond donors (Lipinski definition) is 0. The molecule has 2 aliphatic rings. The molecule has 2 aromatic rings. The topological polar surface area (TPSA) is 0 Å². The van der Waals surface area contributed by atoms with Crippen molar-refractivity contribution in [2.24, 2.45) is 0 Å². The van der Waals surface area contributed by atoms with Crippen molar-refractivity contribution < 1.29 is 0 Å². The van der Waals surface area contributed by atoms with Gasteiger partial charge in [-0.3, -0.25) is 0 Å². The summed E-state index contributed by atoms with van der Waals surface area (Å²) in [5, 5.41) is 0.848. The summed E-state index contributed by atoms with van der Waals surface area (Å²) in [5.74, 6) is 0. The van der Waals surface area contributed by atoms with Gasteiger partial charge in [0.05, 0.1) is 0 Å². The standard InChI is InChI=1S/C20H18AsCl/c21-16-9-11-20(12-10-16)18-4-2-1-3-14(18)5-6-15-7-8-17(22)13-19(15)20/h1-4,7-9,11,13,16H,5-6,10,12H2. The van der Waals surface area contributed by atoms with Gasteiger partial charge in [-0.1, -0.05) is 0 Å². The zero-order valence-electron chi connectivity index (χ0n) is 12.4. The molecule has 0 heterocycles. The molecule has 0 N–H and O–H groups in total. The third-order valence-electron chi connectivity index (χ3n) is 5.15. The number of fused-ring (bicyclic) bond motifs is 4. The number of allylic oxidation sites excluding steroid dienone is 2. The third kappa shape index (κ3) is 2.28. The fourth-order valence-corrected chi connectivity index (χ4v) is 4.67. The first kappa shape index (κ1) is 14.6. The van der Waals surface area contributed by atoms with Crippen LogP contribution in [0.2, 0.25) is 9.73 Å². The van der Waals surface area contributed by atoms with Gasteiger partial charge in [0, 0.05) is 0 Å². The molecule has 0 saturated carbocycles. The van der Waals surface area contributed by atoms with Crippen LogP contribution in [-0.4, -0.2) is 16.9 Å². The first-order valence-corrected chi connectivity index (χ1v) is 9.40. The Labute approximate surface area is 146 Å². The number of benzene rings is 2. The van der Waals surface area contributed by atoms with E-state index in [1.54, 1.807) is 0 Å². The Morgan fingerprint density at radius 2 is 1.77 bits per heavy atom. The van der Waals surface area contributed by atoms with Crippen molar-refractivity contribution in [2.45, 2.75) is 35.8 Å². The van der Waals surface area contributed by atoms with E-state index in [1.165, 1.54) is 28.7 Å². The Bertz CT molecular complexity index is 749. The predicted octanol–water partition coefficient (Wildman–Crippen LogP) is 5.03. The van der Waals surface area contributed by atoms with Crippen molar-refractivity contribution in [3.8, 4) is 0 Å². The fraction of sp³-hybridized carbons (Fsp3) is 0.300. The minimum absolute atomic E-state index is 0.00373. The van der Waals surface area contributed by atoms with E-state index in [-0.39, 0.29) is 5.41 Å². The summed E-state index contributed by atoms with van der Waals surface area (Å²) < 4.78 is 0.608. The van der Waals surface area contributed by atoms with Gasteiger partial charge in [-0.15, -0.1) is 0 Å². The van der Waals surface area contributed by atoms with Gasteiger partial charge in [0.2, 0.25) is 0 Å². The third-order valence-corrected chi connectivity index (χ3v) is 6.29. The van der Waals surface area contributed by atoms with Gasteiger partial charge in [0.15, 0.2) is 0 Å². The second-order valence-electron chi connectivity index (χ2n) is 6.40. The Hall–Kier alpha value is -0.972. The molecule has 22 heavy (non-hydrogen) atoms. The van der Waals surface area contributed by atoms with Crippen LogP contribution in [0.3, 0.4) is 0 Å². The summed E-state index contributed by atoms with van der Waals surface area (Å²) in [7, 11) is 0. The molecule has 2 aromatic carbocycles. The molecule has 0 amide bonds.